The molecule has 0 unspecified atom stereocenters. The lowest BCUT2D eigenvalue weighted by Gasteiger charge is -2.07. The topological polar surface area (TPSA) is 63.6 Å². The number of carbonyl (C=O) groups is 2. The van der Waals surface area contributed by atoms with Crippen LogP contribution in [0.25, 0.3) is 0 Å². The molecule has 0 fully saturated rings. The predicted octanol–water partition coefficient (Wildman–Crippen LogP) is 2.08. The van der Waals surface area contributed by atoms with Gasteiger partial charge in [-0.1, -0.05) is 12.6 Å². The molecule has 1 rings (SSSR count). The number of hydrogen-bond acceptors (Lipinski definition) is 4. The Bertz CT molecular complexity index is 460. The molecule has 0 aliphatic rings. The third-order valence-electron chi connectivity index (χ3n) is 1.93. The van der Waals surface area contributed by atoms with Crippen LogP contribution in [0.3, 0.4) is 0 Å². The maximum Gasteiger partial charge on any atom is 0.338 e. The number of aromatic hydroxyl groups is 1. The molecule has 0 atom stereocenters. The van der Waals surface area contributed by atoms with Crippen LogP contribution in [-0.2, 0) is 4.79 Å². The number of carbonyl (C=O) groups excluding carboxylic acids is 2. The van der Waals surface area contributed by atoms with E-state index in [1.807, 2.05) is 0 Å². The van der Waals surface area contributed by atoms with Crippen LogP contribution in [0, 0.1) is 0 Å². The second-order valence-corrected chi connectivity index (χ2v) is 3.38. The van der Waals surface area contributed by atoms with E-state index in [0.717, 1.165) is 0 Å². The molecule has 4 nitrogen and oxygen atoms in total. The zero-order chi connectivity index (χ0) is 12.3. The van der Waals surface area contributed by atoms with Crippen molar-refractivity contribution in [3.05, 3.63) is 35.9 Å². The van der Waals surface area contributed by atoms with Gasteiger partial charge >= 0.3 is 5.97 Å². The highest BCUT2D eigenvalue weighted by Gasteiger charge is 2.14. The van der Waals surface area contributed by atoms with Crippen LogP contribution in [0.1, 0.15) is 24.2 Å². The molecule has 0 aliphatic carbocycles. The third-order valence-corrected chi connectivity index (χ3v) is 1.93. The van der Waals surface area contributed by atoms with Crippen LogP contribution in [-0.4, -0.2) is 16.9 Å². The Hall–Kier alpha value is -2.10. The standard InChI is InChI=1S/C12H12O4/c1-7(2)12(15)16-10-6-4-5-9(8(3)13)11(10)14/h4-6,14H,1H2,2-3H3. The number of phenols is 1. The van der Waals surface area contributed by atoms with Gasteiger partial charge in [0.05, 0.1) is 5.56 Å². The molecule has 0 saturated heterocycles. The molecule has 0 heterocycles. The van der Waals surface area contributed by atoms with Gasteiger partial charge in [0.15, 0.2) is 17.3 Å². The molecule has 0 aliphatic heterocycles. The van der Waals surface area contributed by atoms with Crippen LogP contribution in [0.4, 0.5) is 0 Å². The summed E-state index contributed by atoms with van der Waals surface area (Å²) in [5, 5.41) is 9.66. The van der Waals surface area contributed by atoms with Crippen molar-refractivity contribution in [1.29, 1.82) is 0 Å². The van der Waals surface area contributed by atoms with Crippen LogP contribution >= 0.6 is 0 Å². The molecule has 0 bridgehead atoms. The molecule has 0 spiro atoms. The lowest BCUT2D eigenvalue weighted by molar-refractivity contribution is -0.130. The minimum atomic E-state index is -0.643. The van der Waals surface area contributed by atoms with Crippen LogP contribution in [0.2, 0.25) is 0 Å². The van der Waals surface area contributed by atoms with Crippen molar-refractivity contribution in [2.45, 2.75) is 13.8 Å². The largest absolute Gasteiger partial charge is 0.504 e. The molecule has 1 N–H and O–H groups in total. The van der Waals surface area contributed by atoms with Gasteiger partial charge in [-0.3, -0.25) is 4.79 Å². The number of para-hydroxylation sites is 1. The highest BCUT2D eigenvalue weighted by atomic mass is 16.5. The first kappa shape index (κ1) is 12.0. The summed E-state index contributed by atoms with van der Waals surface area (Å²) in [6.07, 6.45) is 0. The Balaban J connectivity index is 3.07. The maximum absolute atomic E-state index is 11.2. The Morgan fingerprint density at radius 3 is 2.44 bits per heavy atom. The summed E-state index contributed by atoms with van der Waals surface area (Å²) in [7, 11) is 0. The zero-order valence-electron chi connectivity index (χ0n) is 9.11. The van der Waals surface area contributed by atoms with Crippen molar-refractivity contribution in [3.8, 4) is 11.5 Å². The lowest BCUT2D eigenvalue weighted by atomic mass is 10.1. The van der Waals surface area contributed by atoms with Crippen molar-refractivity contribution in [1.82, 2.24) is 0 Å². The summed E-state index contributed by atoms with van der Waals surface area (Å²) < 4.78 is 4.86. The number of ketones is 1. The van der Waals surface area contributed by atoms with Crippen molar-refractivity contribution in [2.24, 2.45) is 0 Å². The fourth-order valence-electron chi connectivity index (χ4n) is 1.08. The predicted molar refractivity (Wildman–Crippen MR) is 58.6 cm³/mol. The van der Waals surface area contributed by atoms with Crippen LogP contribution in [0.15, 0.2) is 30.4 Å². The van der Waals surface area contributed by atoms with E-state index in [4.69, 9.17) is 4.74 Å². The molecule has 0 aromatic heterocycles. The average molecular weight is 220 g/mol. The molecule has 1 aromatic carbocycles. The SMILES string of the molecule is C=C(C)C(=O)Oc1cccc(C(C)=O)c1O. The van der Waals surface area contributed by atoms with Gasteiger partial charge in [0, 0.05) is 5.57 Å². The molecular formula is C12H12O4. The Morgan fingerprint density at radius 1 is 1.31 bits per heavy atom. The summed E-state index contributed by atoms with van der Waals surface area (Å²) in [4.78, 5) is 22.3. The zero-order valence-corrected chi connectivity index (χ0v) is 9.11. The molecule has 84 valence electrons. The highest BCUT2D eigenvalue weighted by molar-refractivity contribution is 5.98. The van der Waals surface area contributed by atoms with E-state index in [1.165, 1.54) is 32.0 Å². The van der Waals surface area contributed by atoms with Gasteiger partial charge in [0.1, 0.15) is 0 Å². The quantitative estimate of drug-likeness (QED) is 0.366. The molecule has 1 aromatic rings. The maximum atomic E-state index is 11.2. The molecule has 0 amide bonds. The van der Waals surface area contributed by atoms with E-state index in [9.17, 15) is 14.7 Å². The Kier molecular flexibility index (Phi) is 3.45. The van der Waals surface area contributed by atoms with Gasteiger partial charge < -0.3 is 9.84 Å². The van der Waals surface area contributed by atoms with Crippen molar-refractivity contribution in [3.63, 3.8) is 0 Å². The first-order chi connectivity index (χ1) is 7.43. The molecule has 16 heavy (non-hydrogen) atoms. The summed E-state index contributed by atoms with van der Waals surface area (Å²) in [6.45, 7) is 6.23. The first-order valence-electron chi connectivity index (χ1n) is 4.64. The summed E-state index contributed by atoms with van der Waals surface area (Å²) in [5.74, 6) is -1.31. The van der Waals surface area contributed by atoms with Gasteiger partial charge in [-0.25, -0.2) is 4.79 Å². The molecule has 4 heteroatoms. The van der Waals surface area contributed by atoms with Crippen molar-refractivity contribution < 1.29 is 19.4 Å². The number of rotatable bonds is 3. The summed E-state index contributed by atoms with van der Waals surface area (Å²) >= 11 is 0. The van der Waals surface area contributed by atoms with Crippen molar-refractivity contribution >= 4 is 11.8 Å². The van der Waals surface area contributed by atoms with Crippen molar-refractivity contribution in [2.75, 3.05) is 0 Å². The lowest BCUT2D eigenvalue weighted by Crippen LogP contribution is -2.09. The highest BCUT2D eigenvalue weighted by Crippen LogP contribution is 2.30. The minimum Gasteiger partial charge on any atom is -0.504 e. The number of phenolic OH excluding ortho intramolecular Hbond substituents is 1. The van der Waals surface area contributed by atoms with E-state index in [1.54, 1.807) is 0 Å². The third kappa shape index (κ3) is 2.48. The van der Waals surface area contributed by atoms with Gasteiger partial charge in [0.2, 0.25) is 0 Å². The van der Waals surface area contributed by atoms with E-state index < -0.39 is 5.97 Å². The summed E-state index contributed by atoms with van der Waals surface area (Å²) in [5.41, 5.74) is 0.333. The van der Waals surface area contributed by atoms with Crippen LogP contribution in [0.5, 0.6) is 11.5 Å². The summed E-state index contributed by atoms with van der Waals surface area (Å²) in [6, 6.07) is 4.38. The number of ether oxygens (including phenoxy) is 1. The smallest absolute Gasteiger partial charge is 0.338 e. The second kappa shape index (κ2) is 4.61. The molecule has 0 radical (unpaired) electrons. The minimum absolute atomic E-state index is 0.0410. The first-order valence-corrected chi connectivity index (χ1v) is 4.64. The van der Waals surface area contributed by atoms with E-state index in [2.05, 4.69) is 6.58 Å². The number of esters is 1. The van der Waals surface area contributed by atoms with Gasteiger partial charge in [-0.2, -0.15) is 0 Å². The molecule has 0 saturated carbocycles. The Labute approximate surface area is 93.2 Å². The van der Waals surface area contributed by atoms with E-state index in [-0.39, 0.29) is 28.4 Å². The second-order valence-electron chi connectivity index (χ2n) is 3.38. The van der Waals surface area contributed by atoms with E-state index >= 15 is 0 Å². The average Bonchev–Trinajstić information content (AvgIpc) is 2.20. The number of Topliss-reactive ketones (excluding diaryl/α,β-unsaturated/α-hetero) is 1. The van der Waals surface area contributed by atoms with E-state index in [0.29, 0.717) is 0 Å². The van der Waals surface area contributed by atoms with Gasteiger partial charge in [0.25, 0.3) is 0 Å². The number of benzene rings is 1. The normalized spacial score (nSPS) is 9.62. The fraction of sp³-hybridized carbons (Fsp3) is 0.167. The Morgan fingerprint density at radius 2 is 1.94 bits per heavy atom. The van der Waals surface area contributed by atoms with Gasteiger partial charge in [-0.15, -0.1) is 0 Å². The monoisotopic (exact) mass is 220 g/mol. The van der Waals surface area contributed by atoms with Gasteiger partial charge in [-0.05, 0) is 26.0 Å². The fourth-order valence-corrected chi connectivity index (χ4v) is 1.08. The van der Waals surface area contributed by atoms with Crippen LogP contribution < -0.4 is 4.74 Å². The number of hydrogen-bond donors (Lipinski definition) is 1. The molecular weight excluding hydrogens is 208 g/mol.